The molecular weight excluding hydrogens is 290 g/mol. The van der Waals surface area contributed by atoms with Gasteiger partial charge in [-0.25, -0.2) is 0 Å². The summed E-state index contributed by atoms with van der Waals surface area (Å²) in [6.45, 7) is 6.89. The van der Waals surface area contributed by atoms with Gasteiger partial charge in [-0.3, -0.25) is 9.59 Å². The van der Waals surface area contributed by atoms with E-state index in [0.29, 0.717) is 17.8 Å². The van der Waals surface area contributed by atoms with Gasteiger partial charge in [0.1, 0.15) is 0 Å². The normalized spacial score (nSPS) is 18.2. The van der Waals surface area contributed by atoms with Crippen LogP contribution in [0.4, 0.5) is 5.69 Å². The van der Waals surface area contributed by atoms with E-state index in [1.165, 1.54) is 0 Å². The van der Waals surface area contributed by atoms with E-state index in [-0.39, 0.29) is 17.7 Å². The molecule has 122 valence electrons. The predicted octanol–water partition coefficient (Wildman–Crippen LogP) is 2.78. The molecule has 0 aliphatic carbocycles. The number of rotatable bonds is 2. The fourth-order valence-corrected chi connectivity index (χ4v) is 2.72. The highest BCUT2D eigenvalue weighted by Gasteiger charge is 2.33. The Bertz CT molecular complexity index is 623. The Morgan fingerprint density at radius 3 is 2.48 bits per heavy atom. The highest BCUT2D eigenvalue weighted by Crippen LogP contribution is 2.24. The Kier molecular flexibility index (Phi) is 5.05. The maximum absolute atomic E-state index is 12.4. The summed E-state index contributed by atoms with van der Waals surface area (Å²) in [5, 5.41) is 11.7. The van der Waals surface area contributed by atoms with E-state index in [9.17, 15) is 9.59 Å². The van der Waals surface area contributed by atoms with Gasteiger partial charge < -0.3 is 10.2 Å². The highest BCUT2D eigenvalue weighted by atomic mass is 16.2. The molecule has 0 radical (unpaired) electrons. The summed E-state index contributed by atoms with van der Waals surface area (Å²) in [5.41, 5.74) is 0.807. The van der Waals surface area contributed by atoms with Gasteiger partial charge in [-0.15, -0.1) is 0 Å². The van der Waals surface area contributed by atoms with Gasteiger partial charge >= 0.3 is 0 Å². The van der Waals surface area contributed by atoms with Crippen molar-refractivity contribution in [2.75, 3.05) is 18.4 Å². The van der Waals surface area contributed by atoms with Crippen LogP contribution in [0.15, 0.2) is 24.3 Å². The molecule has 2 rings (SSSR count). The van der Waals surface area contributed by atoms with Crippen LogP contribution in [-0.4, -0.2) is 29.8 Å². The molecule has 1 atom stereocenters. The summed E-state index contributed by atoms with van der Waals surface area (Å²) in [6.07, 6.45) is 1.63. The van der Waals surface area contributed by atoms with Crippen LogP contribution in [0, 0.1) is 22.7 Å². The third-order valence-corrected chi connectivity index (χ3v) is 4.00. The highest BCUT2D eigenvalue weighted by molar-refractivity contribution is 5.93. The van der Waals surface area contributed by atoms with E-state index in [1.807, 2.05) is 26.8 Å². The number of nitrogens with one attached hydrogen (secondary N) is 1. The summed E-state index contributed by atoms with van der Waals surface area (Å²) in [4.78, 5) is 26.6. The first-order valence-electron chi connectivity index (χ1n) is 7.91. The third kappa shape index (κ3) is 4.32. The van der Waals surface area contributed by atoms with Crippen LogP contribution in [0.1, 0.15) is 39.2 Å². The fraction of sp³-hybridized carbons (Fsp3) is 0.500. The number of anilines is 1. The Labute approximate surface area is 137 Å². The quantitative estimate of drug-likeness (QED) is 0.912. The molecule has 0 saturated carbocycles. The van der Waals surface area contributed by atoms with Gasteiger partial charge in [0.05, 0.1) is 17.6 Å². The number of likely N-dealkylation sites (tertiary alicyclic amines) is 1. The van der Waals surface area contributed by atoms with Crippen molar-refractivity contribution in [2.45, 2.75) is 33.6 Å². The number of amides is 2. The lowest BCUT2D eigenvalue weighted by molar-refractivity contribution is -0.142. The van der Waals surface area contributed by atoms with Crippen LogP contribution in [-0.2, 0) is 9.59 Å². The van der Waals surface area contributed by atoms with Crippen molar-refractivity contribution in [1.29, 1.82) is 5.26 Å². The van der Waals surface area contributed by atoms with Gasteiger partial charge in [-0.05, 0) is 37.1 Å². The van der Waals surface area contributed by atoms with Crippen LogP contribution in [0.5, 0.6) is 0 Å². The van der Waals surface area contributed by atoms with Gasteiger partial charge in [0.2, 0.25) is 11.8 Å². The lowest BCUT2D eigenvalue weighted by Crippen LogP contribution is -2.47. The molecule has 0 spiro atoms. The SMILES string of the molecule is CC(C)(C)C(=O)N1CCCC(C(=O)Nc2ccc(C#N)cc2)C1. The molecule has 1 aromatic rings. The molecule has 1 aromatic carbocycles. The Morgan fingerprint density at radius 2 is 1.91 bits per heavy atom. The molecule has 1 N–H and O–H groups in total. The average molecular weight is 313 g/mol. The summed E-state index contributed by atoms with van der Waals surface area (Å²) in [6, 6.07) is 8.83. The van der Waals surface area contributed by atoms with Gasteiger partial charge in [0, 0.05) is 24.2 Å². The van der Waals surface area contributed by atoms with Gasteiger partial charge in [0.25, 0.3) is 0 Å². The first-order chi connectivity index (χ1) is 10.8. The number of nitrogens with zero attached hydrogens (tertiary/aromatic N) is 2. The molecule has 1 heterocycles. The van der Waals surface area contributed by atoms with Crippen molar-refractivity contribution >= 4 is 17.5 Å². The molecule has 1 saturated heterocycles. The van der Waals surface area contributed by atoms with Crippen molar-refractivity contribution in [1.82, 2.24) is 4.90 Å². The molecule has 2 amide bonds. The molecule has 5 heteroatoms. The maximum atomic E-state index is 12.4. The van der Waals surface area contributed by atoms with Crippen molar-refractivity contribution in [3.05, 3.63) is 29.8 Å². The molecule has 1 unspecified atom stereocenters. The lowest BCUT2D eigenvalue weighted by Gasteiger charge is -2.35. The van der Waals surface area contributed by atoms with E-state index >= 15 is 0 Å². The summed E-state index contributed by atoms with van der Waals surface area (Å²) >= 11 is 0. The minimum Gasteiger partial charge on any atom is -0.341 e. The zero-order valence-electron chi connectivity index (χ0n) is 13.9. The molecule has 1 aliphatic rings. The van der Waals surface area contributed by atoms with Crippen LogP contribution in [0.25, 0.3) is 0 Å². The largest absolute Gasteiger partial charge is 0.341 e. The van der Waals surface area contributed by atoms with Gasteiger partial charge in [-0.2, -0.15) is 5.26 Å². The molecule has 0 bridgehead atoms. The van der Waals surface area contributed by atoms with Crippen LogP contribution in [0.3, 0.4) is 0 Å². The minimum absolute atomic E-state index is 0.0684. The number of carbonyl (C=O) groups excluding carboxylic acids is 2. The summed E-state index contributed by atoms with van der Waals surface area (Å²) in [5.74, 6) is -0.166. The van der Waals surface area contributed by atoms with E-state index in [2.05, 4.69) is 5.32 Å². The first-order valence-corrected chi connectivity index (χ1v) is 7.91. The topological polar surface area (TPSA) is 73.2 Å². The second kappa shape index (κ2) is 6.82. The zero-order chi connectivity index (χ0) is 17.0. The lowest BCUT2D eigenvalue weighted by atomic mass is 9.91. The zero-order valence-corrected chi connectivity index (χ0v) is 13.9. The minimum atomic E-state index is -0.425. The van der Waals surface area contributed by atoms with E-state index < -0.39 is 5.41 Å². The average Bonchev–Trinajstić information content (AvgIpc) is 2.54. The monoisotopic (exact) mass is 313 g/mol. The number of piperidine rings is 1. The van der Waals surface area contributed by atoms with E-state index in [4.69, 9.17) is 5.26 Å². The maximum Gasteiger partial charge on any atom is 0.229 e. The third-order valence-electron chi connectivity index (χ3n) is 4.00. The first kappa shape index (κ1) is 17.0. The van der Waals surface area contributed by atoms with E-state index in [1.54, 1.807) is 29.2 Å². The summed E-state index contributed by atoms with van der Waals surface area (Å²) < 4.78 is 0. The van der Waals surface area contributed by atoms with Crippen molar-refractivity contribution in [3.63, 3.8) is 0 Å². The standard InChI is InChI=1S/C18H23N3O2/c1-18(2,3)17(23)21-10-4-5-14(12-21)16(22)20-15-8-6-13(11-19)7-9-15/h6-9,14H,4-5,10,12H2,1-3H3,(H,20,22). The van der Waals surface area contributed by atoms with E-state index in [0.717, 1.165) is 19.4 Å². The molecule has 1 fully saturated rings. The summed E-state index contributed by atoms with van der Waals surface area (Å²) in [7, 11) is 0. The smallest absolute Gasteiger partial charge is 0.229 e. The molecule has 1 aliphatic heterocycles. The number of hydrogen-bond donors (Lipinski definition) is 1. The number of hydrogen-bond acceptors (Lipinski definition) is 3. The van der Waals surface area contributed by atoms with Gasteiger partial charge in [-0.1, -0.05) is 20.8 Å². The van der Waals surface area contributed by atoms with Crippen LogP contribution in [0.2, 0.25) is 0 Å². The number of benzene rings is 1. The van der Waals surface area contributed by atoms with Crippen molar-refractivity contribution in [3.8, 4) is 6.07 Å². The van der Waals surface area contributed by atoms with Crippen molar-refractivity contribution < 1.29 is 9.59 Å². The molecular formula is C18H23N3O2. The predicted molar refractivity (Wildman–Crippen MR) is 88.5 cm³/mol. The van der Waals surface area contributed by atoms with Crippen molar-refractivity contribution in [2.24, 2.45) is 11.3 Å². The fourth-order valence-electron chi connectivity index (χ4n) is 2.72. The second-order valence-electron chi connectivity index (χ2n) is 7.02. The molecule has 23 heavy (non-hydrogen) atoms. The Balaban J connectivity index is 1.99. The van der Waals surface area contributed by atoms with Crippen LogP contribution >= 0.6 is 0 Å². The number of nitriles is 1. The van der Waals surface area contributed by atoms with Crippen LogP contribution < -0.4 is 5.32 Å². The molecule has 5 nitrogen and oxygen atoms in total. The Morgan fingerprint density at radius 1 is 1.26 bits per heavy atom. The number of carbonyl (C=O) groups is 2. The Hall–Kier alpha value is -2.35. The molecule has 0 aromatic heterocycles. The van der Waals surface area contributed by atoms with Gasteiger partial charge in [0.15, 0.2) is 0 Å². The second-order valence-corrected chi connectivity index (χ2v) is 7.02.